The molecule has 156 valence electrons. The number of benzene rings is 5. The predicted molar refractivity (Wildman–Crippen MR) is 139 cm³/mol. The van der Waals surface area contributed by atoms with Gasteiger partial charge in [-0.2, -0.15) is 0 Å². The Balaban J connectivity index is 0.000000549. The van der Waals surface area contributed by atoms with Gasteiger partial charge in [0.25, 0.3) is 0 Å². The summed E-state index contributed by atoms with van der Waals surface area (Å²) in [6.07, 6.45) is 0. The molecule has 0 bridgehead atoms. The van der Waals surface area contributed by atoms with Crippen molar-refractivity contribution in [1.29, 1.82) is 0 Å². The van der Waals surface area contributed by atoms with E-state index in [-0.39, 0.29) is 5.41 Å². The van der Waals surface area contributed by atoms with Gasteiger partial charge in [0, 0.05) is 5.41 Å². The van der Waals surface area contributed by atoms with Crippen molar-refractivity contribution in [2.24, 2.45) is 0 Å². The minimum Gasteiger partial charge on any atom is -0.0683 e. The molecule has 0 fully saturated rings. The van der Waals surface area contributed by atoms with Gasteiger partial charge < -0.3 is 0 Å². The molecule has 0 atom stereocenters. The van der Waals surface area contributed by atoms with Crippen LogP contribution < -0.4 is 0 Å². The van der Waals surface area contributed by atoms with E-state index in [1.54, 1.807) is 0 Å². The molecule has 0 nitrogen and oxygen atoms in total. The average molecular weight is 405 g/mol. The first-order valence-corrected chi connectivity index (χ1v) is 11.6. The molecule has 0 heteroatoms. The normalized spacial score (nSPS) is 13.1. The lowest BCUT2D eigenvalue weighted by atomic mass is 9.81. The molecule has 0 saturated carbocycles. The third-order valence-corrected chi connectivity index (χ3v) is 6.41. The van der Waals surface area contributed by atoms with Crippen LogP contribution in [0.1, 0.15) is 52.7 Å². The van der Waals surface area contributed by atoms with Gasteiger partial charge in [-0.15, -0.1) is 0 Å². The fraction of sp³-hybridized carbons (Fsp3) is 0.226. The fourth-order valence-electron chi connectivity index (χ4n) is 5.01. The zero-order valence-corrected chi connectivity index (χ0v) is 19.6. The molecule has 31 heavy (non-hydrogen) atoms. The third-order valence-electron chi connectivity index (χ3n) is 6.41. The fourth-order valence-corrected chi connectivity index (χ4v) is 5.01. The van der Waals surface area contributed by atoms with Crippen LogP contribution in [0.5, 0.6) is 0 Å². The van der Waals surface area contributed by atoms with Gasteiger partial charge in [-0.05, 0) is 66.7 Å². The molecule has 6 rings (SSSR count). The zero-order valence-electron chi connectivity index (χ0n) is 19.6. The molecule has 5 aromatic carbocycles. The second kappa shape index (κ2) is 8.19. The van der Waals surface area contributed by atoms with Crippen LogP contribution in [-0.2, 0) is 5.41 Å². The highest BCUT2D eigenvalue weighted by atomic mass is 14.4. The quantitative estimate of drug-likeness (QED) is 0.225. The van der Waals surface area contributed by atoms with E-state index in [1.165, 1.54) is 54.6 Å². The van der Waals surface area contributed by atoms with Gasteiger partial charge in [-0.3, -0.25) is 0 Å². The molecule has 1 aliphatic rings. The molecule has 1 aliphatic carbocycles. The summed E-state index contributed by atoms with van der Waals surface area (Å²) in [6.45, 7) is 12.7. The molecule has 0 radical (unpaired) electrons. The lowest BCUT2D eigenvalue weighted by Crippen LogP contribution is -2.14. The molecular formula is C31H32. The van der Waals surface area contributed by atoms with E-state index < -0.39 is 0 Å². The number of fused-ring (bicyclic) bond motifs is 8. The third kappa shape index (κ3) is 3.13. The second-order valence-electron chi connectivity index (χ2n) is 8.24. The molecule has 5 aromatic rings. The predicted octanol–water partition coefficient (Wildman–Crippen LogP) is 9.50. The van der Waals surface area contributed by atoms with Crippen LogP contribution in [0.15, 0.2) is 84.9 Å². The minimum atomic E-state index is 0.0224. The zero-order chi connectivity index (χ0) is 22.2. The number of hydrogen-bond acceptors (Lipinski definition) is 0. The molecule has 0 aliphatic heterocycles. The summed E-state index contributed by atoms with van der Waals surface area (Å²) in [5.41, 5.74) is 5.76. The van der Waals surface area contributed by atoms with E-state index in [9.17, 15) is 0 Å². The minimum absolute atomic E-state index is 0.0224. The van der Waals surface area contributed by atoms with E-state index in [2.05, 4.69) is 98.8 Å². The summed E-state index contributed by atoms with van der Waals surface area (Å²) in [5, 5.41) is 7.99. The monoisotopic (exact) mass is 404 g/mol. The van der Waals surface area contributed by atoms with Crippen molar-refractivity contribution < 1.29 is 0 Å². The average Bonchev–Trinajstić information content (AvgIpc) is 3.07. The topological polar surface area (TPSA) is 0 Å². The van der Waals surface area contributed by atoms with Crippen molar-refractivity contribution >= 4 is 32.3 Å². The summed E-state index contributed by atoms with van der Waals surface area (Å²) < 4.78 is 0. The van der Waals surface area contributed by atoms with E-state index in [0.29, 0.717) is 0 Å². The molecule has 0 spiro atoms. The molecule has 0 aromatic heterocycles. The van der Waals surface area contributed by atoms with Gasteiger partial charge in [-0.25, -0.2) is 0 Å². The van der Waals surface area contributed by atoms with E-state index in [4.69, 9.17) is 0 Å². The lowest BCUT2D eigenvalue weighted by Gasteiger charge is -2.21. The van der Waals surface area contributed by atoms with Crippen molar-refractivity contribution in [3.8, 4) is 11.1 Å². The van der Waals surface area contributed by atoms with Crippen molar-refractivity contribution in [3.63, 3.8) is 0 Å². The van der Waals surface area contributed by atoms with Crippen LogP contribution in [0.2, 0.25) is 0 Å². The highest BCUT2D eigenvalue weighted by Crippen LogP contribution is 2.53. The first kappa shape index (κ1) is 21.1. The summed E-state index contributed by atoms with van der Waals surface area (Å²) in [5.74, 6) is 0. The summed E-state index contributed by atoms with van der Waals surface area (Å²) in [7, 11) is 0. The van der Waals surface area contributed by atoms with Crippen LogP contribution in [-0.4, -0.2) is 0 Å². The van der Waals surface area contributed by atoms with Gasteiger partial charge in [0.15, 0.2) is 0 Å². The van der Waals surface area contributed by atoms with E-state index in [0.717, 1.165) is 0 Å². The lowest BCUT2D eigenvalue weighted by molar-refractivity contribution is 0.661. The van der Waals surface area contributed by atoms with Gasteiger partial charge in [0.2, 0.25) is 0 Å². The molecule has 0 amide bonds. The second-order valence-corrected chi connectivity index (χ2v) is 8.24. The van der Waals surface area contributed by atoms with Crippen molar-refractivity contribution in [2.75, 3.05) is 0 Å². The van der Waals surface area contributed by atoms with E-state index >= 15 is 0 Å². The van der Waals surface area contributed by atoms with Crippen LogP contribution >= 0.6 is 0 Å². The van der Waals surface area contributed by atoms with Crippen LogP contribution in [0.25, 0.3) is 43.4 Å². The highest BCUT2D eigenvalue weighted by Gasteiger charge is 2.37. The Morgan fingerprint density at radius 1 is 0.452 bits per heavy atom. The Morgan fingerprint density at radius 2 is 0.935 bits per heavy atom. The maximum Gasteiger partial charge on any atom is 0.0159 e. The van der Waals surface area contributed by atoms with Crippen LogP contribution in [0.4, 0.5) is 0 Å². The largest absolute Gasteiger partial charge is 0.0683 e. The van der Waals surface area contributed by atoms with Gasteiger partial charge >= 0.3 is 0 Å². The highest BCUT2D eigenvalue weighted by molar-refractivity contribution is 6.13. The van der Waals surface area contributed by atoms with Crippen molar-refractivity contribution in [2.45, 2.75) is 47.0 Å². The first-order valence-electron chi connectivity index (χ1n) is 11.6. The van der Waals surface area contributed by atoms with Crippen molar-refractivity contribution in [1.82, 2.24) is 0 Å². The first-order chi connectivity index (χ1) is 15.1. The van der Waals surface area contributed by atoms with Crippen LogP contribution in [0, 0.1) is 0 Å². The maximum atomic E-state index is 2.39. The Hall–Kier alpha value is -3.12. The molecule has 0 N–H and O–H groups in total. The Kier molecular flexibility index (Phi) is 5.58. The SMILES string of the molecule is CC.CC.CC1(C)c2ccc3ccccc3c2-c2c1ccc1cc3ccccc3cc21. The van der Waals surface area contributed by atoms with Gasteiger partial charge in [0.05, 0.1) is 0 Å². The summed E-state index contributed by atoms with van der Waals surface area (Å²) >= 11 is 0. The van der Waals surface area contributed by atoms with Gasteiger partial charge in [0.1, 0.15) is 0 Å². The number of rotatable bonds is 0. The summed E-state index contributed by atoms with van der Waals surface area (Å²) in [4.78, 5) is 0. The Labute approximate surface area is 186 Å². The van der Waals surface area contributed by atoms with E-state index in [1.807, 2.05) is 27.7 Å². The Bertz CT molecular complexity index is 1390. The molecule has 0 heterocycles. The summed E-state index contributed by atoms with van der Waals surface area (Å²) in [6, 6.07) is 31.4. The molecule has 0 unspecified atom stereocenters. The number of hydrogen-bond donors (Lipinski definition) is 0. The Morgan fingerprint density at radius 3 is 1.58 bits per heavy atom. The van der Waals surface area contributed by atoms with Crippen LogP contribution in [0.3, 0.4) is 0 Å². The maximum absolute atomic E-state index is 2.39. The standard InChI is InChI=1S/C27H20.2C2H6/c1-27(2)23-13-11-17-7-5-6-10-21(17)25(23)26-22-16-19-9-4-3-8-18(19)15-20(22)12-14-24(26)27;2*1-2/h3-16H,1-2H3;2*1-2H3. The molecule has 0 saturated heterocycles. The molecular weight excluding hydrogens is 372 g/mol. The van der Waals surface area contributed by atoms with Gasteiger partial charge in [-0.1, -0.05) is 114 Å². The smallest absolute Gasteiger partial charge is 0.0159 e. The van der Waals surface area contributed by atoms with Crippen molar-refractivity contribution in [3.05, 3.63) is 96.1 Å².